The molecule has 0 amide bonds. The van der Waals surface area contributed by atoms with Crippen molar-refractivity contribution in [2.75, 3.05) is 33.0 Å². The van der Waals surface area contributed by atoms with Crippen LogP contribution in [0.3, 0.4) is 0 Å². The lowest BCUT2D eigenvalue weighted by Crippen LogP contribution is -2.67. The summed E-state index contributed by atoms with van der Waals surface area (Å²) >= 11 is 0. The molecule has 0 bridgehead atoms. The number of hydrogen-bond donors (Lipinski definition) is 14. The summed E-state index contributed by atoms with van der Waals surface area (Å²) < 4.78 is 43.9. The van der Waals surface area contributed by atoms with E-state index >= 15 is 0 Å². The number of aliphatic carboxylic acids is 1. The average Bonchev–Trinajstić information content (AvgIpc) is 3.13. The Balaban J connectivity index is 1.39. The molecule has 20 atom stereocenters. The van der Waals surface area contributed by atoms with Crippen molar-refractivity contribution < 1.29 is 109 Å². The molecule has 0 spiro atoms. The van der Waals surface area contributed by atoms with Crippen molar-refractivity contribution in [1.82, 2.24) is 0 Å². The third-order valence-corrected chi connectivity index (χ3v) is 9.28. The monoisotopic (exact) mass is 765 g/mol. The van der Waals surface area contributed by atoms with Crippen LogP contribution in [0.15, 0.2) is 0 Å². The number of unbranched alkanes of at least 4 members (excludes halogenated alkanes) is 2. The van der Waals surface area contributed by atoms with E-state index in [4.69, 9.17) is 43.6 Å². The summed E-state index contributed by atoms with van der Waals surface area (Å²) in [7, 11) is 0. The second-order valence-electron chi connectivity index (χ2n) is 12.9. The Hall–Kier alpha value is -1.37. The highest BCUT2D eigenvalue weighted by atomic mass is 16.8. The Labute approximate surface area is 296 Å². The zero-order valence-electron chi connectivity index (χ0n) is 27.8. The molecule has 52 heavy (non-hydrogen) atoms. The molecule has 23 nitrogen and oxygen atoms in total. The van der Waals surface area contributed by atoms with E-state index in [1.54, 1.807) is 0 Å². The van der Waals surface area contributed by atoms with Gasteiger partial charge in [-0.3, -0.25) is 0 Å². The largest absolute Gasteiger partial charge is 0.479 e. The molecule has 4 saturated heterocycles. The smallest absolute Gasteiger partial charge is 0.335 e. The molecule has 0 aromatic carbocycles. The first-order valence-corrected chi connectivity index (χ1v) is 16.8. The van der Waals surface area contributed by atoms with Crippen LogP contribution >= 0.6 is 0 Å². The highest BCUT2D eigenvalue weighted by Gasteiger charge is 2.55. The van der Waals surface area contributed by atoms with Crippen LogP contribution in [0.2, 0.25) is 0 Å². The number of ether oxygens (including phenoxy) is 8. The van der Waals surface area contributed by atoms with Crippen molar-refractivity contribution in [2.45, 2.75) is 142 Å². The molecule has 12 unspecified atom stereocenters. The first-order valence-electron chi connectivity index (χ1n) is 16.8. The van der Waals surface area contributed by atoms with Crippen molar-refractivity contribution in [1.29, 1.82) is 0 Å². The molecule has 4 rings (SSSR count). The van der Waals surface area contributed by atoms with Crippen molar-refractivity contribution in [3.05, 3.63) is 0 Å². The Morgan fingerprint density at radius 3 is 1.29 bits per heavy atom. The van der Waals surface area contributed by atoms with Gasteiger partial charge in [0.2, 0.25) is 0 Å². The summed E-state index contributed by atoms with van der Waals surface area (Å²) in [6.07, 6.45) is -34.4. The number of carboxylic acid groups (broad SMARTS) is 1. The van der Waals surface area contributed by atoms with E-state index < -0.39 is 149 Å². The van der Waals surface area contributed by atoms with Gasteiger partial charge in [-0.05, 0) is 25.8 Å². The highest BCUT2D eigenvalue weighted by Crippen LogP contribution is 2.34. The zero-order chi connectivity index (χ0) is 38.4. The van der Waals surface area contributed by atoms with E-state index in [2.05, 4.69) is 0 Å². The number of carboxylic acids is 1. The van der Waals surface area contributed by atoms with Gasteiger partial charge >= 0.3 is 5.97 Å². The highest BCUT2D eigenvalue weighted by molar-refractivity contribution is 5.73. The van der Waals surface area contributed by atoms with E-state index in [0.717, 1.165) is 12.8 Å². The molecule has 23 heteroatoms. The van der Waals surface area contributed by atoms with Gasteiger partial charge in [-0.1, -0.05) is 0 Å². The summed E-state index contributed by atoms with van der Waals surface area (Å²) in [5.41, 5.74) is 5.46. The molecule has 4 fully saturated rings. The van der Waals surface area contributed by atoms with Gasteiger partial charge in [0.05, 0.1) is 19.8 Å². The molecule has 4 aliphatic rings. The number of hydrogen-bond acceptors (Lipinski definition) is 22. The second kappa shape index (κ2) is 19.5. The van der Waals surface area contributed by atoms with Crippen LogP contribution < -0.4 is 5.73 Å². The minimum absolute atomic E-state index is 0.151. The molecule has 4 aliphatic heterocycles. The molecular weight excluding hydrogens is 714 g/mol. The molecule has 15 N–H and O–H groups in total. The van der Waals surface area contributed by atoms with E-state index in [1.807, 2.05) is 0 Å². The number of nitrogens with two attached hydrogens (primary N) is 1. The minimum atomic E-state index is -2.09. The topological polar surface area (TPSA) is 380 Å². The maximum atomic E-state index is 11.4. The van der Waals surface area contributed by atoms with Crippen molar-refractivity contribution in [2.24, 2.45) is 5.73 Å². The van der Waals surface area contributed by atoms with Gasteiger partial charge in [0.1, 0.15) is 91.6 Å². The molecular formula is C29H51NO22. The van der Waals surface area contributed by atoms with Gasteiger partial charge in [0.25, 0.3) is 0 Å². The Morgan fingerprint density at radius 2 is 0.885 bits per heavy atom. The summed E-state index contributed by atoms with van der Waals surface area (Å²) in [5.74, 6) is -1.72. The molecule has 0 aromatic heterocycles. The number of aliphatic hydroxyl groups excluding tert-OH is 12. The fraction of sp³-hybridized carbons (Fsp3) is 0.966. The zero-order valence-corrected chi connectivity index (χ0v) is 27.8. The van der Waals surface area contributed by atoms with Crippen molar-refractivity contribution in [3.8, 4) is 0 Å². The van der Waals surface area contributed by atoms with Crippen LogP contribution in [0.4, 0.5) is 0 Å². The SMILES string of the molecule is NCCCCCO[C@H]1OC(CO)[C@H](O[C@H]2OC(CO)[C@@H](O[C@@H]3OC(CO)[C@@H](O[C@@H]4OC(C(=O)O)[C@@H](O)C(O)C4O)C(O)C3O)C(O)C2O)C(O)C1O. The molecule has 0 aromatic rings. The van der Waals surface area contributed by atoms with Crippen LogP contribution in [0.5, 0.6) is 0 Å². The molecule has 0 radical (unpaired) electrons. The van der Waals surface area contributed by atoms with Gasteiger partial charge in [0.15, 0.2) is 31.3 Å². The molecule has 4 heterocycles. The quantitative estimate of drug-likeness (QED) is 0.0649. The van der Waals surface area contributed by atoms with Gasteiger partial charge in [-0.25, -0.2) is 4.79 Å². The summed E-state index contributed by atoms with van der Waals surface area (Å²) in [6.45, 7) is -1.98. The maximum Gasteiger partial charge on any atom is 0.335 e. The van der Waals surface area contributed by atoms with Gasteiger partial charge in [-0.15, -0.1) is 0 Å². The minimum Gasteiger partial charge on any atom is -0.479 e. The predicted octanol–water partition coefficient (Wildman–Crippen LogP) is -8.50. The molecule has 304 valence electrons. The molecule has 0 saturated carbocycles. The standard InChI is InChI=1S/C29H51NO22/c30-4-2-1-3-5-45-26-18(40)14(36)21(9(6-31)46-26)49-27-19(41)15(37)22(10(7-32)47-27)50-28-20(42)16(38)23(11(8-33)48-28)51-29-17(39)12(34)13(35)24(52-29)25(43)44/h9-24,26-29,31-42H,1-8,30H2,(H,43,44)/t9?,10?,11?,12?,13-,14?,15?,16?,17?,18?,19?,20?,21-,22+,23+,24?,26-,27+,28-,29+/m0/s1. The Morgan fingerprint density at radius 1 is 0.500 bits per heavy atom. The third kappa shape index (κ3) is 9.52. The first kappa shape index (κ1) is 43.4. The predicted molar refractivity (Wildman–Crippen MR) is 161 cm³/mol. The van der Waals surface area contributed by atoms with E-state index in [-0.39, 0.29) is 6.61 Å². The lowest BCUT2D eigenvalue weighted by molar-refractivity contribution is -0.387. The number of carbonyl (C=O) groups is 1. The summed E-state index contributed by atoms with van der Waals surface area (Å²) in [4.78, 5) is 11.4. The molecule has 0 aliphatic carbocycles. The van der Waals surface area contributed by atoms with Crippen LogP contribution in [-0.2, 0) is 42.7 Å². The summed E-state index contributed by atoms with van der Waals surface area (Å²) in [5, 5.41) is 135. The third-order valence-electron chi connectivity index (χ3n) is 9.28. The van der Waals surface area contributed by atoms with Crippen LogP contribution in [0.25, 0.3) is 0 Å². The van der Waals surface area contributed by atoms with Gasteiger partial charge in [-0.2, -0.15) is 0 Å². The fourth-order valence-electron chi connectivity index (χ4n) is 6.28. The second-order valence-corrected chi connectivity index (χ2v) is 12.9. The van der Waals surface area contributed by atoms with Crippen LogP contribution in [0.1, 0.15) is 19.3 Å². The normalized spacial score (nSPS) is 47.3. The van der Waals surface area contributed by atoms with Crippen molar-refractivity contribution in [3.63, 3.8) is 0 Å². The van der Waals surface area contributed by atoms with Gasteiger partial charge in [0, 0.05) is 6.61 Å². The lowest BCUT2D eigenvalue weighted by Gasteiger charge is -2.49. The van der Waals surface area contributed by atoms with E-state index in [9.17, 15) is 71.2 Å². The number of aliphatic hydroxyl groups is 12. The van der Waals surface area contributed by atoms with Crippen LogP contribution in [0, 0.1) is 0 Å². The lowest BCUT2D eigenvalue weighted by atomic mass is 9.95. The Bertz CT molecular complexity index is 1090. The average molecular weight is 766 g/mol. The van der Waals surface area contributed by atoms with E-state index in [0.29, 0.717) is 13.0 Å². The first-order chi connectivity index (χ1) is 24.7. The van der Waals surface area contributed by atoms with Gasteiger partial charge < -0.3 is 110 Å². The maximum absolute atomic E-state index is 11.4. The number of rotatable bonds is 16. The van der Waals surface area contributed by atoms with Crippen LogP contribution in [-0.4, -0.2) is 228 Å². The summed E-state index contributed by atoms with van der Waals surface area (Å²) in [6, 6.07) is 0. The Kier molecular flexibility index (Phi) is 16.2. The fourth-order valence-corrected chi connectivity index (χ4v) is 6.28. The van der Waals surface area contributed by atoms with E-state index in [1.165, 1.54) is 0 Å². The van der Waals surface area contributed by atoms with Crippen molar-refractivity contribution >= 4 is 5.97 Å².